The number of aromatic hydroxyl groups is 1. The van der Waals surface area contributed by atoms with Crippen molar-refractivity contribution in [3.8, 4) is 5.75 Å². The van der Waals surface area contributed by atoms with E-state index in [1.54, 1.807) is 6.07 Å². The highest BCUT2D eigenvalue weighted by Gasteiger charge is 2.22. The highest BCUT2D eigenvalue weighted by Crippen LogP contribution is 2.33. The van der Waals surface area contributed by atoms with Crippen molar-refractivity contribution < 1.29 is 5.11 Å². The fraction of sp³-hybridized carbons (Fsp3) is 0.385. The van der Waals surface area contributed by atoms with E-state index in [0.29, 0.717) is 17.8 Å². The summed E-state index contributed by atoms with van der Waals surface area (Å²) in [6.07, 6.45) is 4.07. The summed E-state index contributed by atoms with van der Waals surface area (Å²) in [6.45, 7) is 5.87. The summed E-state index contributed by atoms with van der Waals surface area (Å²) in [4.78, 5) is 0. The molecule has 0 fully saturated rings. The lowest BCUT2D eigenvalue weighted by molar-refractivity contribution is 0.474. The Labute approximate surface area is 90.6 Å². The molecule has 80 valence electrons. The number of nitrogens with one attached hydrogen (secondary N) is 1. The first kappa shape index (κ1) is 10.2. The zero-order valence-corrected chi connectivity index (χ0v) is 9.03. The van der Waals surface area contributed by atoms with Crippen LogP contribution in [0.25, 0.3) is 0 Å². The lowest BCUT2D eigenvalue weighted by Gasteiger charge is -2.17. The number of rotatable bonds is 3. The van der Waals surface area contributed by atoms with Gasteiger partial charge in [0.1, 0.15) is 5.75 Å². The standard InChI is InChI=1S/C13H17NO/c1-3-9(2)14-13-7-4-10-8-11(15)5-6-12(10)13/h3,5-6,8-9,13-15H,1,4,7H2,2H3. The van der Waals surface area contributed by atoms with Crippen molar-refractivity contribution >= 4 is 0 Å². The predicted molar refractivity (Wildman–Crippen MR) is 62.0 cm³/mol. The normalized spacial score (nSPS) is 21.0. The van der Waals surface area contributed by atoms with Gasteiger partial charge in [-0.3, -0.25) is 0 Å². The van der Waals surface area contributed by atoms with Crippen LogP contribution in [0.2, 0.25) is 0 Å². The maximum atomic E-state index is 9.37. The molecule has 2 nitrogen and oxygen atoms in total. The van der Waals surface area contributed by atoms with Gasteiger partial charge in [0.05, 0.1) is 0 Å². The van der Waals surface area contributed by atoms with Crippen LogP contribution in [0.5, 0.6) is 5.75 Å². The van der Waals surface area contributed by atoms with E-state index < -0.39 is 0 Å². The number of aryl methyl sites for hydroxylation is 1. The van der Waals surface area contributed by atoms with Crippen LogP contribution >= 0.6 is 0 Å². The molecule has 2 unspecified atom stereocenters. The van der Waals surface area contributed by atoms with E-state index in [1.165, 1.54) is 11.1 Å². The smallest absolute Gasteiger partial charge is 0.115 e. The highest BCUT2D eigenvalue weighted by molar-refractivity contribution is 5.40. The Bertz CT molecular complexity index is 373. The van der Waals surface area contributed by atoms with Crippen LogP contribution in [0.3, 0.4) is 0 Å². The molecule has 2 rings (SSSR count). The third kappa shape index (κ3) is 2.05. The lowest BCUT2D eigenvalue weighted by atomic mass is 10.1. The second-order valence-corrected chi connectivity index (χ2v) is 4.17. The van der Waals surface area contributed by atoms with Gasteiger partial charge in [0.2, 0.25) is 0 Å². The molecule has 15 heavy (non-hydrogen) atoms. The molecule has 0 aliphatic heterocycles. The second kappa shape index (κ2) is 4.07. The van der Waals surface area contributed by atoms with Gasteiger partial charge >= 0.3 is 0 Å². The number of benzene rings is 1. The van der Waals surface area contributed by atoms with Crippen molar-refractivity contribution in [1.82, 2.24) is 5.32 Å². The molecule has 0 amide bonds. The summed E-state index contributed by atoms with van der Waals surface area (Å²) >= 11 is 0. The number of phenolic OH excluding ortho intramolecular Hbond substituents is 1. The lowest BCUT2D eigenvalue weighted by Crippen LogP contribution is -2.27. The van der Waals surface area contributed by atoms with Gasteiger partial charge in [-0.25, -0.2) is 0 Å². The molecule has 0 bridgehead atoms. The predicted octanol–water partition coefficient (Wildman–Crippen LogP) is 2.54. The minimum absolute atomic E-state index is 0.328. The Kier molecular flexibility index (Phi) is 2.78. The monoisotopic (exact) mass is 203 g/mol. The summed E-state index contributed by atoms with van der Waals surface area (Å²) in [5.41, 5.74) is 2.59. The third-order valence-corrected chi connectivity index (χ3v) is 3.02. The Morgan fingerprint density at radius 2 is 2.40 bits per heavy atom. The Morgan fingerprint density at radius 1 is 1.60 bits per heavy atom. The zero-order chi connectivity index (χ0) is 10.8. The summed E-state index contributed by atoms with van der Waals surface area (Å²) in [5.74, 6) is 0.367. The summed E-state index contributed by atoms with van der Waals surface area (Å²) < 4.78 is 0. The molecule has 1 aliphatic rings. The molecule has 2 atom stereocenters. The van der Waals surface area contributed by atoms with E-state index in [-0.39, 0.29) is 0 Å². The van der Waals surface area contributed by atoms with E-state index in [4.69, 9.17) is 0 Å². The fourth-order valence-corrected chi connectivity index (χ4v) is 2.16. The first-order valence-electron chi connectivity index (χ1n) is 5.41. The largest absolute Gasteiger partial charge is 0.508 e. The zero-order valence-electron chi connectivity index (χ0n) is 9.03. The van der Waals surface area contributed by atoms with Gasteiger partial charge < -0.3 is 10.4 Å². The van der Waals surface area contributed by atoms with Gasteiger partial charge in [-0.2, -0.15) is 0 Å². The van der Waals surface area contributed by atoms with E-state index in [0.717, 1.165) is 12.8 Å². The van der Waals surface area contributed by atoms with Crippen LogP contribution in [-0.2, 0) is 6.42 Å². The molecule has 0 radical (unpaired) electrons. The number of hydrogen-bond donors (Lipinski definition) is 2. The first-order valence-corrected chi connectivity index (χ1v) is 5.41. The van der Waals surface area contributed by atoms with Gasteiger partial charge in [0.25, 0.3) is 0 Å². The van der Waals surface area contributed by atoms with Gasteiger partial charge in [-0.05, 0) is 43.0 Å². The van der Waals surface area contributed by atoms with Gasteiger partial charge in [-0.15, -0.1) is 6.58 Å². The highest BCUT2D eigenvalue weighted by atomic mass is 16.3. The summed E-state index contributed by atoms with van der Waals surface area (Å²) in [7, 11) is 0. The molecule has 0 heterocycles. The average molecular weight is 203 g/mol. The average Bonchev–Trinajstić information content (AvgIpc) is 2.60. The second-order valence-electron chi connectivity index (χ2n) is 4.17. The minimum Gasteiger partial charge on any atom is -0.508 e. The Morgan fingerprint density at radius 3 is 3.13 bits per heavy atom. The summed E-state index contributed by atoms with van der Waals surface area (Å²) in [6, 6.07) is 6.39. The number of phenols is 1. The topological polar surface area (TPSA) is 32.3 Å². The van der Waals surface area contributed by atoms with E-state index in [2.05, 4.69) is 18.8 Å². The summed E-state index contributed by atoms with van der Waals surface area (Å²) in [5, 5.41) is 12.9. The maximum Gasteiger partial charge on any atom is 0.115 e. The molecular weight excluding hydrogens is 186 g/mol. The van der Waals surface area contributed by atoms with Crippen LogP contribution in [0.4, 0.5) is 0 Å². The first-order chi connectivity index (χ1) is 7.20. The number of fused-ring (bicyclic) bond motifs is 1. The van der Waals surface area contributed by atoms with E-state index >= 15 is 0 Å². The molecule has 0 spiro atoms. The Balaban J connectivity index is 2.18. The van der Waals surface area contributed by atoms with Crippen LogP contribution in [0.1, 0.15) is 30.5 Å². The molecule has 2 heteroatoms. The van der Waals surface area contributed by atoms with Crippen molar-refractivity contribution in [1.29, 1.82) is 0 Å². The molecule has 0 saturated carbocycles. The maximum absolute atomic E-state index is 9.37. The van der Waals surface area contributed by atoms with Crippen molar-refractivity contribution in [2.24, 2.45) is 0 Å². The van der Waals surface area contributed by atoms with Crippen LogP contribution in [0, 0.1) is 0 Å². The van der Waals surface area contributed by atoms with Crippen LogP contribution < -0.4 is 5.32 Å². The van der Waals surface area contributed by atoms with Crippen molar-refractivity contribution in [2.45, 2.75) is 31.8 Å². The van der Waals surface area contributed by atoms with Crippen LogP contribution in [-0.4, -0.2) is 11.1 Å². The van der Waals surface area contributed by atoms with E-state index in [9.17, 15) is 5.11 Å². The van der Waals surface area contributed by atoms with Crippen molar-refractivity contribution in [3.63, 3.8) is 0 Å². The third-order valence-electron chi connectivity index (χ3n) is 3.02. The quantitative estimate of drug-likeness (QED) is 0.740. The van der Waals surface area contributed by atoms with Crippen LogP contribution in [0.15, 0.2) is 30.9 Å². The number of hydrogen-bond acceptors (Lipinski definition) is 2. The molecular formula is C13H17NO. The van der Waals surface area contributed by atoms with Crippen molar-refractivity contribution in [3.05, 3.63) is 42.0 Å². The fourth-order valence-electron chi connectivity index (χ4n) is 2.16. The van der Waals surface area contributed by atoms with Crippen molar-refractivity contribution in [2.75, 3.05) is 0 Å². The molecule has 1 aliphatic carbocycles. The SMILES string of the molecule is C=CC(C)NC1CCc2cc(O)ccc21. The minimum atomic E-state index is 0.328. The van der Waals surface area contributed by atoms with Gasteiger partial charge in [0.15, 0.2) is 0 Å². The molecule has 1 aromatic rings. The molecule has 1 aromatic carbocycles. The molecule has 0 saturated heterocycles. The molecule has 0 aromatic heterocycles. The van der Waals surface area contributed by atoms with E-state index in [1.807, 2.05) is 18.2 Å². The Hall–Kier alpha value is -1.28. The van der Waals surface area contributed by atoms with Gasteiger partial charge in [-0.1, -0.05) is 12.1 Å². The van der Waals surface area contributed by atoms with Gasteiger partial charge in [0, 0.05) is 12.1 Å². The molecule has 2 N–H and O–H groups in total.